The Morgan fingerprint density at radius 3 is 2.81 bits per heavy atom. The topological polar surface area (TPSA) is 28.6 Å². The Kier molecular flexibility index (Phi) is 5.46. The van der Waals surface area contributed by atoms with Crippen molar-refractivity contribution in [1.29, 1.82) is 0 Å². The third-order valence-corrected chi connectivity index (χ3v) is 6.00. The highest BCUT2D eigenvalue weighted by atomic mass is 35.5. The normalized spacial score (nSPS) is 28.0. The van der Waals surface area contributed by atoms with E-state index >= 15 is 0 Å². The molecule has 140 valence electrons. The number of aromatic nitrogens is 1. The molecule has 3 unspecified atom stereocenters. The SMILES string of the molecule is CC1CN(CC2CCCN2Cc2c(Cl)ccc3cccnc23)CC(C)O1. The third kappa shape index (κ3) is 3.89. The van der Waals surface area contributed by atoms with Gasteiger partial charge in [0, 0.05) is 54.4 Å². The van der Waals surface area contributed by atoms with Crippen LogP contribution in [0.4, 0.5) is 0 Å². The van der Waals surface area contributed by atoms with E-state index in [1.807, 2.05) is 18.3 Å². The summed E-state index contributed by atoms with van der Waals surface area (Å²) in [6.07, 6.45) is 5.03. The van der Waals surface area contributed by atoms with Crippen molar-refractivity contribution in [2.75, 3.05) is 26.2 Å². The lowest BCUT2D eigenvalue weighted by Crippen LogP contribution is -2.50. The summed E-state index contributed by atoms with van der Waals surface area (Å²) in [4.78, 5) is 9.78. The fourth-order valence-corrected chi connectivity index (χ4v) is 4.79. The summed E-state index contributed by atoms with van der Waals surface area (Å²) in [5.41, 5.74) is 2.21. The van der Waals surface area contributed by atoms with Gasteiger partial charge in [-0.25, -0.2) is 0 Å². The van der Waals surface area contributed by atoms with Crippen molar-refractivity contribution in [3.05, 3.63) is 41.0 Å². The van der Waals surface area contributed by atoms with Crippen molar-refractivity contribution < 1.29 is 4.74 Å². The van der Waals surface area contributed by atoms with E-state index < -0.39 is 0 Å². The number of hydrogen-bond donors (Lipinski definition) is 0. The van der Waals surface area contributed by atoms with Gasteiger partial charge in [-0.1, -0.05) is 23.7 Å². The maximum absolute atomic E-state index is 6.57. The predicted octanol–water partition coefficient (Wildman–Crippen LogP) is 3.96. The molecule has 2 aliphatic rings. The number of halogens is 1. The molecular weight excluding hydrogens is 346 g/mol. The van der Waals surface area contributed by atoms with E-state index in [2.05, 4.69) is 40.8 Å². The van der Waals surface area contributed by atoms with Crippen molar-refractivity contribution >= 4 is 22.5 Å². The Balaban J connectivity index is 1.50. The first-order valence-corrected chi connectivity index (χ1v) is 10.1. The van der Waals surface area contributed by atoms with Gasteiger partial charge >= 0.3 is 0 Å². The first kappa shape index (κ1) is 18.2. The number of rotatable bonds is 4. The molecule has 0 spiro atoms. The number of fused-ring (bicyclic) bond motifs is 1. The highest BCUT2D eigenvalue weighted by Crippen LogP contribution is 2.29. The second-order valence-electron chi connectivity index (χ2n) is 7.84. The molecule has 0 N–H and O–H groups in total. The van der Waals surface area contributed by atoms with Gasteiger partial charge in [-0.3, -0.25) is 14.8 Å². The molecule has 2 saturated heterocycles. The Hall–Kier alpha value is -1.20. The Bertz CT molecular complexity index is 758. The fourth-order valence-electron chi connectivity index (χ4n) is 4.58. The maximum atomic E-state index is 6.57. The zero-order valence-electron chi connectivity index (χ0n) is 15.7. The van der Waals surface area contributed by atoms with Gasteiger partial charge in [0.2, 0.25) is 0 Å². The average Bonchev–Trinajstić information content (AvgIpc) is 3.03. The Labute approximate surface area is 161 Å². The molecule has 3 atom stereocenters. The Morgan fingerprint density at radius 2 is 2.00 bits per heavy atom. The third-order valence-electron chi connectivity index (χ3n) is 5.65. The van der Waals surface area contributed by atoms with E-state index in [1.54, 1.807) is 0 Å². The second-order valence-corrected chi connectivity index (χ2v) is 8.25. The summed E-state index contributed by atoms with van der Waals surface area (Å²) in [6, 6.07) is 8.76. The van der Waals surface area contributed by atoms with Gasteiger partial charge in [0.1, 0.15) is 0 Å². The number of hydrogen-bond acceptors (Lipinski definition) is 4. The molecule has 0 saturated carbocycles. The summed E-state index contributed by atoms with van der Waals surface area (Å²) in [6.45, 7) is 9.56. The van der Waals surface area contributed by atoms with Gasteiger partial charge in [0.25, 0.3) is 0 Å². The molecule has 1 aromatic carbocycles. The standard InChI is InChI=1S/C21H28ClN3O/c1-15-11-24(12-16(2)26-15)13-18-6-4-10-25(18)14-19-20(22)8-7-17-5-3-9-23-21(17)19/h3,5,7-9,15-16,18H,4,6,10-14H2,1-2H3. The molecule has 0 bridgehead atoms. The zero-order valence-corrected chi connectivity index (χ0v) is 16.5. The van der Waals surface area contributed by atoms with Crippen molar-refractivity contribution in [1.82, 2.24) is 14.8 Å². The predicted molar refractivity (Wildman–Crippen MR) is 107 cm³/mol. The molecular formula is C21H28ClN3O. The average molecular weight is 374 g/mol. The first-order valence-electron chi connectivity index (χ1n) is 9.74. The van der Waals surface area contributed by atoms with Crippen molar-refractivity contribution in [3.8, 4) is 0 Å². The summed E-state index contributed by atoms with van der Waals surface area (Å²) in [5.74, 6) is 0. The van der Waals surface area contributed by atoms with E-state index in [0.717, 1.165) is 43.3 Å². The molecule has 4 nitrogen and oxygen atoms in total. The fraction of sp³-hybridized carbons (Fsp3) is 0.571. The van der Waals surface area contributed by atoms with E-state index in [-0.39, 0.29) is 0 Å². The van der Waals surface area contributed by atoms with Crippen LogP contribution in [0, 0.1) is 0 Å². The van der Waals surface area contributed by atoms with Crippen LogP contribution in [-0.2, 0) is 11.3 Å². The van der Waals surface area contributed by atoms with Gasteiger partial charge in [-0.05, 0) is 45.4 Å². The molecule has 2 aromatic rings. The lowest BCUT2D eigenvalue weighted by atomic mass is 10.1. The van der Waals surface area contributed by atoms with Gasteiger partial charge in [0.15, 0.2) is 0 Å². The van der Waals surface area contributed by atoms with Crippen LogP contribution in [0.1, 0.15) is 32.3 Å². The van der Waals surface area contributed by atoms with E-state index in [9.17, 15) is 0 Å². The van der Waals surface area contributed by atoms with E-state index in [4.69, 9.17) is 16.3 Å². The molecule has 3 heterocycles. The number of pyridine rings is 1. The van der Waals surface area contributed by atoms with Crippen molar-refractivity contribution in [3.63, 3.8) is 0 Å². The zero-order chi connectivity index (χ0) is 18.1. The minimum Gasteiger partial charge on any atom is -0.373 e. The highest BCUT2D eigenvalue weighted by molar-refractivity contribution is 6.32. The monoisotopic (exact) mass is 373 g/mol. The van der Waals surface area contributed by atoms with Crippen LogP contribution in [0.3, 0.4) is 0 Å². The Morgan fingerprint density at radius 1 is 1.19 bits per heavy atom. The summed E-state index contributed by atoms with van der Waals surface area (Å²) >= 11 is 6.57. The molecule has 0 aliphatic carbocycles. The number of benzene rings is 1. The molecule has 0 radical (unpaired) electrons. The smallest absolute Gasteiger partial charge is 0.0761 e. The molecule has 4 rings (SSSR count). The number of nitrogens with zero attached hydrogens (tertiary/aromatic N) is 3. The quantitative estimate of drug-likeness (QED) is 0.811. The molecule has 5 heteroatoms. The maximum Gasteiger partial charge on any atom is 0.0761 e. The van der Waals surface area contributed by atoms with Gasteiger partial charge < -0.3 is 4.74 Å². The van der Waals surface area contributed by atoms with Crippen LogP contribution in [0.5, 0.6) is 0 Å². The summed E-state index contributed by atoms with van der Waals surface area (Å²) < 4.78 is 5.89. The van der Waals surface area contributed by atoms with Crippen LogP contribution in [-0.4, -0.2) is 59.2 Å². The summed E-state index contributed by atoms with van der Waals surface area (Å²) in [5, 5.41) is 1.99. The van der Waals surface area contributed by atoms with Crippen LogP contribution >= 0.6 is 11.6 Å². The summed E-state index contributed by atoms with van der Waals surface area (Å²) in [7, 11) is 0. The lowest BCUT2D eigenvalue weighted by Gasteiger charge is -2.38. The second kappa shape index (κ2) is 7.81. The van der Waals surface area contributed by atoms with Gasteiger partial charge in [-0.2, -0.15) is 0 Å². The molecule has 2 fully saturated rings. The van der Waals surface area contributed by atoms with Crippen LogP contribution in [0.25, 0.3) is 10.9 Å². The minimum absolute atomic E-state index is 0.324. The van der Waals surface area contributed by atoms with Crippen molar-refractivity contribution in [2.45, 2.75) is 51.5 Å². The highest BCUT2D eigenvalue weighted by Gasteiger charge is 2.30. The van der Waals surface area contributed by atoms with Crippen molar-refractivity contribution in [2.24, 2.45) is 0 Å². The van der Waals surface area contributed by atoms with Crippen LogP contribution in [0.2, 0.25) is 5.02 Å². The molecule has 26 heavy (non-hydrogen) atoms. The number of morpholine rings is 1. The van der Waals surface area contributed by atoms with Crippen LogP contribution < -0.4 is 0 Å². The number of likely N-dealkylation sites (tertiary alicyclic amines) is 1. The largest absolute Gasteiger partial charge is 0.373 e. The molecule has 2 aliphatic heterocycles. The lowest BCUT2D eigenvalue weighted by molar-refractivity contribution is -0.0724. The first-order chi connectivity index (χ1) is 12.6. The van der Waals surface area contributed by atoms with Gasteiger partial charge in [-0.15, -0.1) is 0 Å². The van der Waals surface area contributed by atoms with E-state index in [1.165, 1.54) is 23.8 Å². The number of ether oxygens (including phenoxy) is 1. The minimum atomic E-state index is 0.324. The van der Waals surface area contributed by atoms with E-state index in [0.29, 0.717) is 18.2 Å². The van der Waals surface area contributed by atoms with Gasteiger partial charge in [0.05, 0.1) is 17.7 Å². The molecule has 0 amide bonds. The molecule has 1 aromatic heterocycles. The van der Waals surface area contributed by atoms with Crippen LogP contribution in [0.15, 0.2) is 30.5 Å².